The Labute approximate surface area is 233 Å². The second-order valence-electron chi connectivity index (χ2n) is 9.55. The van der Waals surface area contributed by atoms with Crippen molar-refractivity contribution in [3.63, 3.8) is 0 Å². The minimum Gasteiger partial charge on any atom is -0.497 e. The van der Waals surface area contributed by atoms with Gasteiger partial charge in [-0.1, -0.05) is 48.5 Å². The number of benzene rings is 3. The van der Waals surface area contributed by atoms with E-state index in [1.54, 1.807) is 25.5 Å². The van der Waals surface area contributed by atoms with Gasteiger partial charge in [0, 0.05) is 49.2 Å². The molecule has 9 heteroatoms. The third-order valence-electron chi connectivity index (χ3n) is 6.83. The van der Waals surface area contributed by atoms with Crippen LogP contribution in [-0.4, -0.2) is 67.7 Å². The predicted octanol–water partition coefficient (Wildman–Crippen LogP) is 3.45. The Hall–Kier alpha value is -4.76. The van der Waals surface area contributed by atoms with Gasteiger partial charge in [-0.05, 0) is 42.0 Å². The summed E-state index contributed by atoms with van der Waals surface area (Å²) in [6.07, 6.45) is 1.65. The van der Waals surface area contributed by atoms with Crippen LogP contribution in [0.4, 0.5) is 5.82 Å². The number of para-hydroxylation sites is 1. The first-order valence-corrected chi connectivity index (χ1v) is 13.2. The lowest BCUT2D eigenvalue weighted by molar-refractivity contribution is -0.122. The van der Waals surface area contributed by atoms with Gasteiger partial charge < -0.3 is 15.0 Å². The van der Waals surface area contributed by atoms with Crippen LogP contribution in [0.3, 0.4) is 0 Å². The number of nitrogens with one attached hydrogen (secondary N) is 2. The summed E-state index contributed by atoms with van der Waals surface area (Å²) in [5.41, 5.74) is 5.88. The first kappa shape index (κ1) is 26.8. The molecule has 204 valence electrons. The van der Waals surface area contributed by atoms with Gasteiger partial charge in [0.15, 0.2) is 0 Å². The van der Waals surface area contributed by atoms with Crippen LogP contribution in [0, 0.1) is 0 Å². The molecular formula is C31H32N6O3. The fraction of sp³-hybridized carbons (Fsp3) is 0.226. The van der Waals surface area contributed by atoms with E-state index in [2.05, 4.69) is 25.6 Å². The molecule has 0 aliphatic carbocycles. The number of hydrogen-bond acceptors (Lipinski definition) is 7. The first-order valence-electron chi connectivity index (χ1n) is 13.2. The number of carbonyl (C=O) groups is 2. The highest BCUT2D eigenvalue weighted by Gasteiger charge is 2.22. The molecule has 1 aliphatic heterocycles. The van der Waals surface area contributed by atoms with E-state index in [1.807, 2.05) is 72.8 Å². The zero-order valence-electron chi connectivity index (χ0n) is 22.4. The quantitative estimate of drug-likeness (QED) is 0.251. The van der Waals surface area contributed by atoms with Gasteiger partial charge in [0.2, 0.25) is 5.91 Å². The third kappa shape index (κ3) is 6.81. The average Bonchev–Trinajstić information content (AvgIpc) is 3.00. The van der Waals surface area contributed by atoms with Gasteiger partial charge in [0.05, 0.1) is 25.4 Å². The number of hydrazone groups is 1. The summed E-state index contributed by atoms with van der Waals surface area (Å²) >= 11 is 0. The van der Waals surface area contributed by atoms with E-state index >= 15 is 0 Å². The van der Waals surface area contributed by atoms with Crippen molar-refractivity contribution < 1.29 is 14.3 Å². The van der Waals surface area contributed by atoms with Crippen molar-refractivity contribution in [1.82, 2.24) is 20.6 Å². The average molecular weight is 537 g/mol. The molecule has 1 aliphatic rings. The number of rotatable bonds is 9. The molecule has 40 heavy (non-hydrogen) atoms. The van der Waals surface area contributed by atoms with Gasteiger partial charge in [0.25, 0.3) is 5.91 Å². The molecule has 4 aromatic rings. The Kier molecular flexibility index (Phi) is 8.63. The summed E-state index contributed by atoms with van der Waals surface area (Å²) in [6.45, 7) is 3.71. The van der Waals surface area contributed by atoms with Crippen molar-refractivity contribution in [2.45, 2.75) is 6.54 Å². The van der Waals surface area contributed by atoms with E-state index in [1.165, 1.54) is 0 Å². The highest BCUT2D eigenvalue weighted by molar-refractivity contribution is 5.97. The molecule has 9 nitrogen and oxygen atoms in total. The molecule has 1 fully saturated rings. The van der Waals surface area contributed by atoms with E-state index in [0.717, 1.165) is 46.7 Å². The van der Waals surface area contributed by atoms with Crippen LogP contribution in [0.5, 0.6) is 5.75 Å². The highest BCUT2D eigenvalue weighted by Crippen LogP contribution is 2.24. The molecule has 0 unspecified atom stereocenters. The minimum atomic E-state index is -0.272. The first-order chi connectivity index (χ1) is 19.6. The second-order valence-corrected chi connectivity index (χ2v) is 9.55. The fourth-order valence-electron chi connectivity index (χ4n) is 4.61. The molecule has 2 N–H and O–H groups in total. The van der Waals surface area contributed by atoms with Crippen molar-refractivity contribution >= 4 is 34.7 Å². The molecule has 0 atom stereocenters. The highest BCUT2D eigenvalue weighted by atomic mass is 16.5. The number of nitrogens with zero attached hydrogens (tertiary/aromatic N) is 4. The molecule has 5 rings (SSSR count). The van der Waals surface area contributed by atoms with Crippen molar-refractivity contribution in [2.75, 3.05) is 44.7 Å². The lowest BCUT2D eigenvalue weighted by atomic mass is 10.1. The zero-order valence-corrected chi connectivity index (χ0v) is 22.4. The molecule has 2 amide bonds. The van der Waals surface area contributed by atoms with Crippen LogP contribution in [0.15, 0.2) is 90.0 Å². The summed E-state index contributed by atoms with van der Waals surface area (Å²) in [7, 11) is 1.63. The van der Waals surface area contributed by atoms with E-state index in [0.29, 0.717) is 31.7 Å². The van der Waals surface area contributed by atoms with Gasteiger partial charge >= 0.3 is 0 Å². The van der Waals surface area contributed by atoms with E-state index in [4.69, 9.17) is 9.72 Å². The number of methoxy groups -OCH3 is 1. The predicted molar refractivity (Wildman–Crippen MR) is 157 cm³/mol. The van der Waals surface area contributed by atoms with Crippen molar-refractivity contribution in [3.05, 3.63) is 102 Å². The standard InChI is InChI=1S/C31H32N6O3/c1-40-27-13-11-23(12-14-27)20-32-29(38)22-36-15-17-37(18-16-36)30-26(19-25-9-5-6-10-28(25)34-30)21-33-35-31(39)24-7-3-2-4-8-24/h2-14,19,21H,15-18,20,22H2,1H3,(H,32,38)(H,35,39)/b33-21+. The number of amides is 2. The van der Waals surface area contributed by atoms with Gasteiger partial charge in [-0.15, -0.1) is 0 Å². The second kappa shape index (κ2) is 12.9. The molecule has 2 heterocycles. The number of piperazine rings is 1. The monoisotopic (exact) mass is 536 g/mol. The minimum absolute atomic E-state index is 0.00456. The number of fused-ring (bicyclic) bond motifs is 1. The third-order valence-corrected chi connectivity index (χ3v) is 6.83. The smallest absolute Gasteiger partial charge is 0.271 e. The summed E-state index contributed by atoms with van der Waals surface area (Å²) in [5.74, 6) is 1.32. The normalized spacial score (nSPS) is 13.9. The van der Waals surface area contributed by atoms with Gasteiger partial charge in [-0.3, -0.25) is 14.5 Å². The number of hydrogen-bond donors (Lipinski definition) is 2. The van der Waals surface area contributed by atoms with Crippen LogP contribution >= 0.6 is 0 Å². The van der Waals surface area contributed by atoms with Crippen LogP contribution < -0.4 is 20.4 Å². The summed E-state index contributed by atoms with van der Waals surface area (Å²) in [4.78, 5) is 34.3. The van der Waals surface area contributed by atoms with Crippen LogP contribution in [0.2, 0.25) is 0 Å². The van der Waals surface area contributed by atoms with Crippen LogP contribution in [-0.2, 0) is 11.3 Å². The van der Waals surface area contributed by atoms with E-state index < -0.39 is 0 Å². The molecule has 3 aromatic carbocycles. The number of pyridine rings is 1. The van der Waals surface area contributed by atoms with E-state index in [9.17, 15) is 9.59 Å². The number of aromatic nitrogens is 1. The molecule has 0 spiro atoms. The van der Waals surface area contributed by atoms with E-state index in [-0.39, 0.29) is 11.8 Å². The Morgan fingerprint density at radius 2 is 1.68 bits per heavy atom. The summed E-state index contributed by atoms with van der Waals surface area (Å²) in [6, 6.07) is 26.6. The SMILES string of the molecule is COc1ccc(CNC(=O)CN2CCN(c3nc4ccccc4cc3/C=N/NC(=O)c3ccccc3)CC2)cc1. The maximum Gasteiger partial charge on any atom is 0.271 e. The maximum atomic E-state index is 12.6. The van der Waals surface area contributed by atoms with Crippen LogP contribution in [0.25, 0.3) is 10.9 Å². The van der Waals surface area contributed by atoms with Gasteiger partial charge in [-0.2, -0.15) is 5.10 Å². The number of carbonyl (C=O) groups excluding carboxylic acids is 2. The maximum absolute atomic E-state index is 12.6. The van der Waals surface area contributed by atoms with Gasteiger partial charge in [-0.25, -0.2) is 10.4 Å². The summed E-state index contributed by atoms with van der Waals surface area (Å²) < 4.78 is 5.18. The Bertz CT molecular complexity index is 1480. The van der Waals surface area contributed by atoms with Crippen molar-refractivity contribution in [2.24, 2.45) is 5.10 Å². The van der Waals surface area contributed by atoms with Crippen molar-refractivity contribution in [1.29, 1.82) is 0 Å². The fourth-order valence-corrected chi connectivity index (χ4v) is 4.61. The Morgan fingerprint density at radius 3 is 2.42 bits per heavy atom. The lowest BCUT2D eigenvalue weighted by Gasteiger charge is -2.35. The zero-order chi connectivity index (χ0) is 27.7. The molecule has 1 aromatic heterocycles. The number of ether oxygens (including phenoxy) is 1. The molecule has 1 saturated heterocycles. The molecule has 0 bridgehead atoms. The lowest BCUT2D eigenvalue weighted by Crippen LogP contribution is -2.49. The summed E-state index contributed by atoms with van der Waals surface area (Å²) in [5, 5.41) is 8.22. The number of anilines is 1. The van der Waals surface area contributed by atoms with Crippen molar-refractivity contribution in [3.8, 4) is 5.75 Å². The van der Waals surface area contributed by atoms with Gasteiger partial charge in [0.1, 0.15) is 11.6 Å². The van der Waals surface area contributed by atoms with Crippen LogP contribution in [0.1, 0.15) is 21.5 Å². The molecular weight excluding hydrogens is 504 g/mol. The largest absolute Gasteiger partial charge is 0.497 e. The molecule has 0 saturated carbocycles. The Morgan fingerprint density at radius 1 is 0.950 bits per heavy atom. The molecule has 0 radical (unpaired) electrons. The Balaban J connectivity index is 1.20. The topological polar surface area (TPSA) is 99.2 Å².